The summed E-state index contributed by atoms with van der Waals surface area (Å²) < 4.78 is 14.1. The SMILES string of the molecule is C=C(C)C(=O)O.CC(=O)OCCC=C(C)C(=O)OCCOC(C)=O. The van der Waals surface area contributed by atoms with E-state index < -0.39 is 17.9 Å². The van der Waals surface area contributed by atoms with E-state index in [0.29, 0.717) is 12.0 Å². The summed E-state index contributed by atoms with van der Waals surface area (Å²) in [6, 6.07) is 0. The molecule has 0 saturated carbocycles. The Morgan fingerprint density at radius 2 is 1.29 bits per heavy atom. The quantitative estimate of drug-likeness (QED) is 0.306. The molecular weight excluding hydrogens is 320 g/mol. The first-order valence-corrected chi connectivity index (χ1v) is 7.07. The third-order valence-electron chi connectivity index (χ3n) is 2.18. The van der Waals surface area contributed by atoms with E-state index in [0.717, 1.165) is 0 Å². The molecule has 0 aliphatic rings. The average Bonchev–Trinajstić information content (AvgIpc) is 2.47. The standard InChI is InChI=1S/C12H18O6.C4H6O2/c1-9(5-4-6-16-10(2)13)12(15)18-8-7-17-11(3)14;1-3(2)4(5)6/h5H,4,6-8H2,1-3H3;1H2,2H3,(H,5,6). The molecule has 0 aromatic rings. The first kappa shape index (κ1) is 23.6. The molecule has 0 unspecified atom stereocenters. The van der Waals surface area contributed by atoms with Crippen LogP contribution in [0.5, 0.6) is 0 Å². The summed E-state index contributed by atoms with van der Waals surface area (Å²) in [5.74, 6) is -2.19. The molecule has 0 heterocycles. The Balaban J connectivity index is 0. The summed E-state index contributed by atoms with van der Waals surface area (Å²) in [4.78, 5) is 41.9. The van der Waals surface area contributed by atoms with E-state index in [4.69, 9.17) is 14.6 Å². The lowest BCUT2D eigenvalue weighted by atomic mass is 10.2. The second-order valence-corrected chi connectivity index (χ2v) is 4.58. The van der Waals surface area contributed by atoms with Crippen molar-refractivity contribution in [1.29, 1.82) is 0 Å². The van der Waals surface area contributed by atoms with Crippen LogP contribution in [0, 0.1) is 0 Å². The number of hydrogen-bond acceptors (Lipinski definition) is 7. The van der Waals surface area contributed by atoms with Crippen LogP contribution < -0.4 is 0 Å². The van der Waals surface area contributed by atoms with Crippen LogP contribution in [-0.4, -0.2) is 48.8 Å². The Morgan fingerprint density at radius 3 is 1.71 bits per heavy atom. The molecule has 0 rings (SSSR count). The van der Waals surface area contributed by atoms with Crippen LogP contribution in [-0.2, 0) is 33.4 Å². The summed E-state index contributed by atoms with van der Waals surface area (Å²) in [6.45, 7) is 9.09. The Labute approximate surface area is 141 Å². The number of ether oxygens (including phenoxy) is 3. The second-order valence-electron chi connectivity index (χ2n) is 4.58. The van der Waals surface area contributed by atoms with E-state index in [1.165, 1.54) is 20.8 Å². The van der Waals surface area contributed by atoms with Gasteiger partial charge in [-0.25, -0.2) is 9.59 Å². The molecule has 0 spiro atoms. The molecule has 0 bridgehead atoms. The van der Waals surface area contributed by atoms with Gasteiger partial charge in [0.05, 0.1) is 6.61 Å². The predicted molar refractivity (Wildman–Crippen MR) is 85.0 cm³/mol. The van der Waals surface area contributed by atoms with E-state index in [9.17, 15) is 19.2 Å². The molecule has 8 nitrogen and oxygen atoms in total. The molecular formula is C16H24O8. The van der Waals surface area contributed by atoms with Gasteiger partial charge in [-0.3, -0.25) is 9.59 Å². The predicted octanol–water partition coefficient (Wildman–Crippen LogP) is 1.64. The highest BCUT2D eigenvalue weighted by atomic mass is 16.6. The fraction of sp³-hybridized carbons (Fsp3) is 0.500. The third-order valence-corrected chi connectivity index (χ3v) is 2.18. The summed E-state index contributed by atoms with van der Waals surface area (Å²) in [6.07, 6.45) is 2.07. The highest BCUT2D eigenvalue weighted by Crippen LogP contribution is 1.99. The monoisotopic (exact) mass is 344 g/mol. The maximum atomic E-state index is 11.4. The number of carbonyl (C=O) groups excluding carboxylic acids is 3. The van der Waals surface area contributed by atoms with Crippen LogP contribution in [0.15, 0.2) is 23.8 Å². The molecule has 0 aromatic carbocycles. The molecule has 0 atom stereocenters. The molecule has 0 amide bonds. The third kappa shape index (κ3) is 17.4. The Morgan fingerprint density at radius 1 is 0.875 bits per heavy atom. The molecule has 0 aliphatic heterocycles. The van der Waals surface area contributed by atoms with Crippen molar-refractivity contribution in [1.82, 2.24) is 0 Å². The molecule has 0 aliphatic carbocycles. The van der Waals surface area contributed by atoms with Gasteiger partial charge in [-0.05, 0) is 13.8 Å². The number of carboxylic acid groups (broad SMARTS) is 1. The van der Waals surface area contributed by atoms with Gasteiger partial charge in [0.2, 0.25) is 0 Å². The van der Waals surface area contributed by atoms with Crippen LogP contribution in [0.2, 0.25) is 0 Å². The minimum Gasteiger partial charge on any atom is -0.478 e. The largest absolute Gasteiger partial charge is 0.478 e. The minimum atomic E-state index is -0.935. The molecule has 1 N–H and O–H groups in total. The van der Waals surface area contributed by atoms with Gasteiger partial charge < -0.3 is 19.3 Å². The van der Waals surface area contributed by atoms with Crippen LogP contribution in [0.25, 0.3) is 0 Å². The smallest absolute Gasteiger partial charge is 0.333 e. The number of rotatable bonds is 8. The zero-order valence-corrected chi connectivity index (χ0v) is 14.4. The van der Waals surface area contributed by atoms with E-state index >= 15 is 0 Å². The number of aliphatic carboxylic acids is 1. The number of hydrogen-bond donors (Lipinski definition) is 1. The maximum Gasteiger partial charge on any atom is 0.333 e. The Kier molecular flexibility index (Phi) is 13.8. The minimum absolute atomic E-state index is 0.0214. The van der Waals surface area contributed by atoms with E-state index in [1.807, 2.05) is 0 Å². The van der Waals surface area contributed by atoms with Crippen LogP contribution in [0.1, 0.15) is 34.1 Å². The van der Waals surface area contributed by atoms with E-state index in [-0.39, 0.29) is 31.4 Å². The first-order chi connectivity index (χ1) is 11.1. The second kappa shape index (κ2) is 14.0. The number of carbonyl (C=O) groups is 4. The molecule has 0 saturated heterocycles. The highest BCUT2D eigenvalue weighted by Gasteiger charge is 2.05. The van der Waals surface area contributed by atoms with Crippen molar-refractivity contribution < 1.29 is 38.5 Å². The van der Waals surface area contributed by atoms with Gasteiger partial charge in [-0.15, -0.1) is 0 Å². The van der Waals surface area contributed by atoms with Gasteiger partial charge in [-0.2, -0.15) is 0 Å². The van der Waals surface area contributed by atoms with E-state index in [1.54, 1.807) is 13.0 Å². The lowest BCUT2D eigenvalue weighted by Crippen LogP contribution is -2.13. The molecule has 0 aromatic heterocycles. The van der Waals surface area contributed by atoms with Crippen molar-refractivity contribution in [3.63, 3.8) is 0 Å². The molecule has 136 valence electrons. The van der Waals surface area contributed by atoms with Crippen LogP contribution in [0.4, 0.5) is 0 Å². The van der Waals surface area contributed by atoms with E-state index in [2.05, 4.69) is 11.3 Å². The molecule has 0 radical (unpaired) electrons. The normalized spacial score (nSPS) is 9.92. The maximum absolute atomic E-state index is 11.4. The highest BCUT2D eigenvalue weighted by molar-refractivity contribution is 5.87. The van der Waals surface area contributed by atoms with Gasteiger partial charge in [0.25, 0.3) is 0 Å². The first-order valence-electron chi connectivity index (χ1n) is 7.07. The van der Waals surface area contributed by atoms with Crippen LogP contribution >= 0.6 is 0 Å². The van der Waals surface area contributed by atoms with Crippen molar-refractivity contribution in [2.75, 3.05) is 19.8 Å². The zero-order valence-electron chi connectivity index (χ0n) is 14.4. The van der Waals surface area contributed by atoms with Crippen molar-refractivity contribution in [2.24, 2.45) is 0 Å². The Bertz CT molecular complexity index is 478. The van der Waals surface area contributed by atoms with Crippen molar-refractivity contribution in [2.45, 2.75) is 34.1 Å². The van der Waals surface area contributed by atoms with Crippen molar-refractivity contribution in [3.8, 4) is 0 Å². The van der Waals surface area contributed by atoms with Gasteiger partial charge in [0.15, 0.2) is 0 Å². The fourth-order valence-corrected chi connectivity index (χ4v) is 0.995. The molecule has 24 heavy (non-hydrogen) atoms. The Hall–Kier alpha value is -2.64. The summed E-state index contributed by atoms with van der Waals surface area (Å²) in [5.41, 5.74) is 0.597. The molecule has 8 heteroatoms. The number of esters is 3. The van der Waals surface area contributed by atoms with Gasteiger partial charge in [-0.1, -0.05) is 12.7 Å². The van der Waals surface area contributed by atoms with Crippen LogP contribution in [0.3, 0.4) is 0 Å². The average molecular weight is 344 g/mol. The molecule has 0 fully saturated rings. The van der Waals surface area contributed by atoms with Gasteiger partial charge in [0, 0.05) is 31.4 Å². The summed E-state index contributed by atoms with van der Waals surface area (Å²) in [5, 5.41) is 7.89. The summed E-state index contributed by atoms with van der Waals surface area (Å²) in [7, 11) is 0. The van der Waals surface area contributed by atoms with Crippen molar-refractivity contribution >= 4 is 23.9 Å². The van der Waals surface area contributed by atoms with Gasteiger partial charge in [0.1, 0.15) is 13.2 Å². The van der Waals surface area contributed by atoms with Gasteiger partial charge >= 0.3 is 23.9 Å². The topological polar surface area (TPSA) is 116 Å². The lowest BCUT2D eigenvalue weighted by molar-refractivity contribution is -0.148. The summed E-state index contributed by atoms with van der Waals surface area (Å²) >= 11 is 0. The number of carboxylic acids is 1. The van der Waals surface area contributed by atoms with Crippen molar-refractivity contribution in [3.05, 3.63) is 23.8 Å². The fourth-order valence-electron chi connectivity index (χ4n) is 0.995. The lowest BCUT2D eigenvalue weighted by Gasteiger charge is -2.05. The zero-order chi connectivity index (χ0) is 19.1.